The summed E-state index contributed by atoms with van der Waals surface area (Å²) in [6, 6.07) is 18.5. The van der Waals surface area contributed by atoms with E-state index >= 15 is 0 Å². The molecular formula is C23H14Cl2N4O2. The number of halogens is 2. The van der Waals surface area contributed by atoms with Crippen LogP contribution in [0.5, 0.6) is 0 Å². The normalized spacial score (nSPS) is 11.2. The first-order valence-corrected chi connectivity index (χ1v) is 10.2. The van der Waals surface area contributed by atoms with Gasteiger partial charge in [-0.2, -0.15) is 0 Å². The molecule has 0 saturated carbocycles. The first-order valence-electron chi connectivity index (χ1n) is 9.41. The van der Waals surface area contributed by atoms with Crippen molar-refractivity contribution in [1.82, 2.24) is 19.7 Å². The lowest BCUT2D eigenvalue weighted by molar-refractivity contribution is 0.100. The zero-order chi connectivity index (χ0) is 21.4. The summed E-state index contributed by atoms with van der Waals surface area (Å²) >= 11 is 12.7. The van der Waals surface area contributed by atoms with Crippen LogP contribution in [0.4, 0.5) is 0 Å². The van der Waals surface area contributed by atoms with Crippen LogP contribution in [0, 0.1) is 0 Å². The zero-order valence-corrected chi connectivity index (χ0v) is 17.5. The maximum atomic E-state index is 13.3. The molecule has 0 N–H and O–H groups in total. The molecule has 0 radical (unpaired) electrons. The average molecular weight is 449 g/mol. The predicted octanol–water partition coefficient (Wildman–Crippen LogP) is 5.67. The number of hydrogen-bond donors (Lipinski definition) is 0. The first-order chi connectivity index (χ1) is 15.1. The van der Waals surface area contributed by atoms with Crippen LogP contribution < -0.4 is 0 Å². The largest absolute Gasteiger partial charge is 0.413 e. The minimum absolute atomic E-state index is 0.122. The predicted molar refractivity (Wildman–Crippen MR) is 118 cm³/mol. The van der Waals surface area contributed by atoms with Gasteiger partial charge in [0.15, 0.2) is 0 Å². The molecule has 152 valence electrons. The van der Waals surface area contributed by atoms with Gasteiger partial charge in [0.25, 0.3) is 11.7 Å². The molecule has 0 saturated heterocycles. The second-order valence-electron chi connectivity index (χ2n) is 6.87. The van der Waals surface area contributed by atoms with Crippen LogP contribution in [0.25, 0.3) is 22.4 Å². The van der Waals surface area contributed by atoms with Gasteiger partial charge >= 0.3 is 0 Å². The molecule has 3 aromatic heterocycles. The molecule has 0 aliphatic heterocycles. The number of carbonyl (C=O) groups is 1. The molecule has 0 amide bonds. The van der Waals surface area contributed by atoms with Gasteiger partial charge < -0.3 is 8.98 Å². The molecule has 0 aliphatic carbocycles. The molecule has 5 rings (SSSR count). The summed E-state index contributed by atoms with van der Waals surface area (Å²) in [7, 11) is 0. The number of para-hydroxylation sites is 1. The number of fused-ring (bicyclic) bond motifs is 1. The summed E-state index contributed by atoms with van der Waals surface area (Å²) in [6.07, 6.45) is 3.23. The molecule has 0 spiro atoms. The molecule has 3 heterocycles. The Morgan fingerprint density at radius 2 is 1.68 bits per heavy atom. The van der Waals surface area contributed by atoms with Crippen molar-refractivity contribution < 1.29 is 9.21 Å². The molecule has 31 heavy (non-hydrogen) atoms. The number of benzene rings is 2. The lowest BCUT2D eigenvalue weighted by Gasteiger charge is -2.07. The maximum Gasteiger partial charge on any atom is 0.289 e. The Hall–Kier alpha value is -3.48. The smallest absolute Gasteiger partial charge is 0.289 e. The van der Waals surface area contributed by atoms with E-state index in [4.69, 9.17) is 27.6 Å². The number of pyridine rings is 1. The molecule has 0 atom stereocenters. The number of hydrogen-bond acceptors (Lipinski definition) is 5. The summed E-state index contributed by atoms with van der Waals surface area (Å²) in [4.78, 5) is 17.3. The molecule has 0 unspecified atom stereocenters. The van der Waals surface area contributed by atoms with E-state index in [9.17, 15) is 4.79 Å². The van der Waals surface area contributed by atoms with Gasteiger partial charge in [0.1, 0.15) is 5.15 Å². The van der Waals surface area contributed by atoms with E-state index in [2.05, 4.69) is 15.2 Å². The van der Waals surface area contributed by atoms with E-state index in [1.165, 1.54) is 0 Å². The van der Waals surface area contributed by atoms with Gasteiger partial charge in [-0.05, 0) is 35.9 Å². The molecule has 8 heteroatoms. The highest BCUT2D eigenvalue weighted by molar-refractivity contribution is 6.36. The highest BCUT2D eigenvalue weighted by atomic mass is 35.5. The minimum atomic E-state index is -0.427. The van der Waals surface area contributed by atoms with E-state index in [1.807, 2.05) is 53.1 Å². The SMILES string of the molecule is O=C(c1nnc(-c2ccncc2)o1)c1c(Cl)n(Cc2ccc(Cl)cc2)c2ccccc12. The number of aromatic nitrogens is 4. The second-order valence-corrected chi connectivity index (χ2v) is 7.67. The Bertz CT molecular complexity index is 1390. The van der Waals surface area contributed by atoms with Crippen molar-refractivity contribution in [2.24, 2.45) is 0 Å². The summed E-state index contributed by atoms with van der Waals surface area (Å²) < 4.78 is 7.53. The van der Waals surface area contributed by atoms with Crippen molar-refractivity contribution in [3.63, 3.8) is 0 Å². The average Bonchev–Trinajstić information content (AvgIpc) is 3.40. The van der Waals surface area contributed by atoms with Crippen LogP contribution in [0.2, 0.25) is 10.2 Å². The van der Waals surface area contributed by atoms with Crippen LogP contribution in [0.3, 0.4) is 0 Å². The van der Waals surface area contributed by atoms with Crippen molar-refractivity contribution in [3.05, 3.63) is 100 Å². The highest BCUT2D eigenvalue weighted by Gasteiger charge is 2.26. The van der Waals surface area contributed by atoms with E-state index in [1.54, 1.807) is 24.5 Å². The molecule has 5 aromatic rings. The fourth-order valence-electron chi connectivity index (χ4n) is 3.45. The van der Waals surface area contributed by atoms with Crippen molar-refractivity contribution in [1.29, 1.82) is 0 Å². The standard InChI is InChI=1S/C23H14Cl2N4O2/c24-16-7-5-14(6-8-16)13-29-18-4-2-1-3-17(18)19(21(29)25)20(30)23-28-27-22(31-23)15-9-11-26-12-10-15/h1-12H,13H2. The van der Waals surface area contributed by atoms with Gasteiger partial charge in [0.05, 0.1) is 11.1 Å². The monoisotopic (exact) mass is 448 g/mol. The lowest BCUT2D eigenvalue weighted by atomic mass is 10.1. The third kappa shape index (κ3) is 3.60. The summed E-state index contributed by atoms with van der Waals surface area (Å²) in [6.45, 7) is 0.482. The van der Waals surface area contributed by atoms with E-state index in [-0.39, 0.29) is 11.8 Å². The van der Waals surface area contributed by atoms with Crippen molar-refractivity contribution in [2.75, 3.05) is 0 Å². The van der Waals surface area contributed by atoms with Gasteiger partial charge in [-0.15, -0.1) is 10.2 Å². The number of rotatable bonds is 5. The fourth-order valence-corrected chi connectivity index (χ4v) is 3.91. The Labute approximate surface area is 187 Å². The quantitative estimate of drug-likeness (QED) is 0.323. The third-order valence-corrected chi connectivity index (χ3v) is 5.58. The lowest BCUT2D eigenvalue weighted by Crippen LogP contribution is -2.04. The van der Waals surface area contributed by atoms with Gasteiger partial charge in [0, 0.05) is 34.9 Å². The molecule has 0 bridgehead atoms. The maximum absolute atomic E-state index is 13.3. The van der Waals surface area contributed by atoms with Crippen molar-refractivity contribution in [2.45, 2.75) is 6.54 Å². The topological polar surface area (TPSA) is 73.8 Å². The summed E-state index contributed by atoms with van der Waals surface area (Å²) in [5.41, 5.74) is 2.84. The van der Waals surface area contributed by atoms with Crippen molar-refractivity contribution in [3.8, 4) is 11.5 Å². The van der Waals surface area contributed by atoms with Gasteiger partial charge in [-0.25, -0.2) is 0 Å². The molecule has 0 fully saturated rings. The van der Waals surface area contributed by atoms with Gasteiger partial charge in [0.2, 0.25) is 5.89 Å². The molecular weight excluding hydrogens is 435 g/mol. The number of ketones is 1. The number of carbonyl (C=O) groups excluding carboxylic acids is 1. The molecule has 0 aliphatic rings. The summed E-state index contributed by atoms with van der Waals surface area (Å²) in [5.74, 6) is -0.307. The van der Waals surface area contributed by atoms with Gasteiger partial charge in [-0.1, -0.05) is 53.5 Å². The Morgan fingerprint density at radius 1 is 0.935 bits per heavy atom. The van der Waals surface area contributed by atoms with Crippen LogP contribution in [0.1, 0.15) is 21.8 Å². The minimum Gasteiger partial charge on any atom is -0.413 e. The van der Waals surface area contributed by atoms with E-state index in [0.29, 0.717) is 27.8 Å². The first kappa shape index (κ1) is 19.5. The molecule has 2 aromatic carbocycles. The second kappa shape index (κ2) is 7.98. The van der Waals surface area contributed by atoms with Crippen LogP contribution >= 0.6 is 23.2 Å². The van der Waals surface area contributed by atoms with Crippen LogP contribution in [0.15, 0.2) is 77.5 Å². The third-order valence-electron chi connectivity index (χ3n) is 4.93. The van der Waals surface area contributed by atoms with Crippen LogP contribution in [-0.2, 0) is 6.54 Å². The highest BCUT2D eigenvalue weighted by Crippen LogP contribution is 2.33. The zero-order valence-electron chi connectivity index (χ0n) is 16.0. The Morgan fingerprint density at radius 3 is 2.45 bits per heavy atom. The Kier molecular flexibility index (Phi) is 5.02. The molecule has 6 nitrogen and oxygen atoms in total. The van der Waals surface area contributed by atoms with E-state index < -0.39 is 5.78 Å². The number of nitrogens with zero attached hydrogens (tertiary/aromatic N) is 4. The van der Waals surface area contributed by atoms with E-state index in [0.717, 1.165) is 16.5 Å². The summed E-state index contributed by atoms with van der Waals surface area (Å²) in [5, 5.41) is 9.63. The van der Waals surface area contributed by atoms with Gasteiger partial charge in [-0.3, -0.25) is 9.78 Å². The van der Waals surface area contributed by atoms with Crippen molar-refractivity contribution >= 4 is 39.9 Å². The Balaban J connectivity index is 1.57. The van der Waals surface area contributed by atoms with Crippen LogP contribution in [-0.4, -0.2) is 25.5 Å². The fraction of sp³-hybridized carbons (Fsp3) is 0.0435.